The standard InChI is InChI=1S/C16H17N3O3/c1-22-16(21)12-7-9-18-14(10-12)11-19-15(20)6-5-13-4-2-3-8-17-13/h2-4,7-10H,5-6,11H2,1H3,(H,19,20). The van der Waals surface area contributed by atoms with Crippen molar-refractivity contribution in [2.24, 2.45) is 0 Å². The maximum atomic E-state index is 11.8. The Hall–Kier alpha value is -2.76. The van der Waals surface area contributed by atoms with E-state index in [0.29, 0.717) is 24.1 Å². The van der Waals surface area contributed by atoms with E-state index in [2.05, 4.69) is 20.0 Å². The SMILES string of the molecule is COC(=O)c1ccnc(CNC(=O)CCc2ccccn2)c1. The molecule has 0 spiro atoms. The number of methoxy groups -OCH3 is 1. The van der Waals surface area contributed by atoms with Gasteiger partial charge in [-0.3, -0.25) is 14.8 Å². The molecule has 0 bridgehead atoms. The summed E-state index contributed by atoms with van der Waals surface area (Å²) in [5, 5.41) is 2.77. The number of carbonyl (C=O) groups excluding carboxylic acids is 2. The Kier molecular flexibility index (Phi) is 5.59. The fourth-order valence-electron chi connectivity index (χ4n) is 1.88. The molecule has 1 amide bonds. The molecule has 6 nitrogen and oxygen atoms in total. The summed E-state index contributed by atoms with van der Waals surface area (Å²) in [7, 11) is 1.32. The molecule has 0 aromatic carbocycles. The summed E-state index contributed by atoms with van der Waals surface area (Å²) in [6.07, 6.45) is 4.16. The summed E-state index contributed by atoms with van der Waals surface area (Å²) in [6.45, 7) is 0.270. The van der Waals surface area contributed by atoms with Crippen molar-refractivity contribution in [2.75, 3.05) is 7.11 Å². The highest BCUT2D eigenvalue weighted by molar-refractivity contribution is 5.89. The first-order chi connectivity index (χ1) is 10.7. The van der Waals surface area contributed by atoms with Crippen molar-refractivity contribution in [1.29, 1.82) is 0 Å². The topological polar surface area (TPSA) is 81.2 Å². The number of hydrogen-bond donors (Lipinski definition) is 1. The van der Waals surface area contributed by atoms with Gasteiger partial charge in [-0.2, -0.15) is 0 Å². The van der Waals surface area contributed by atoms with Gasteiger partial charge in [-0.15, -0.1) is 0 Å². The van der Waals surface area contributed by atoms with Crippen molar-refractivity contribution in [3.8, 4) is 0 Å². The Bertz CT molecular complexity index is 644. The molecule has 1 N–H and O–H groups in total. The van der Waals surface area contributed by atoms with Crippen molar-refractivity contribution in [3.05, 3.63) is 59.7 Å². The summed E-state index contributed by atoms with van der Waals surface area (Å²) < 4.78 is 4.64. The zero-order valence-electron chi connectivity index (χ0n) is 12.3. The number of esters is 1. The largest absolute Gasteiger partial charge is 0.465 e. The molecule has 2 rings (SSSR count). The first-order valence-corrected chi connectivity index (χ1v) is 6.89. The Morgan fingerprint density at radius 3 is 2.68 bits per heavy atom. The van der Waals surface area contributed by atoms with Crippen LogP contribution in [0.3, 0.4) is 0 Å². The van der Waals surface area contributed by atoms with Crippen LogP contribution >= 0.6 is 0 Å². The molecule has 6 heteroatoms. The second-order valence-electron chi connectivity index (χ2n) is 4.63. The van der Waals surface area contributed by atoms with E-state index in [4.69, 9.17) is 0 Å². The Labute approximate surface area is 128 Å². The average molecular weight is 299 g/mol. The normalized spacial score (nSPS) is 10.0. The fraction of sp³-hybridized carbons (Fsp3) is 0.250. The minimum Gasteiger partial charge on any atom is -0.465 e. The van der Waals surface area contributed by atoms with E-state index in [1.54, 1.807) is 18.3 Å². The van der Waals surface area contributed by atoms with Crippen molar-refractivity contribution >= 4 is 11.9 Å². The maximum Gasteiger partial charge on any atom is 0.337 e. The highest BCUT2D eigenvalue weighted by Gasteiger charge is 2.08. The second kappa shape index (κ2) is 7.87. The van der Waals surface area contributed by atoms with Crippen LogP contribution < -0.4 is 5.32 Å². The van der Waals surface area contributed by atoms with E-state index in [9.17, 15) is 9.59 Å². The van der Waals surface area contributed by atoms with Crippen molar-refractivity contribution < 1.29 is 14.3 Å². The molecule has 2 aromatic heterocycles. The minimum absolute atomic E-state index is 0.0871. The molecule has 0 unspecified atom stereocenters. The van der Waals surface area contributed by atoms with Crippen LogP contribution in [0.25, 0.3) is 0 Å². The van der Waals surface area contributed by atoms with E-state index < -0.39 is 5.97 Å². The number of ether oxygens (including phenoxy) is 1. The predicted octanol–water partition coefficient (Wildman–Crippen LogP) is 1.51. The Morgan fingerprint density at radius 1 is 1.14 bits per heavy atom. The van der Waals surface area contributed by atoms with Crippen LogP contribution in [0.2, 0.25) is 0 Å². The Morgan fingerprint density at radius 2 is 1.95 bits per heavy atom. The third-order valence-corrected chi connectivity index (χ3v) is 3.04. The zero-order valence-corrected chi connectivity index (χ0v) is 12.3. The number of aromatic nitrogens is 2. The van der Waals surface area contributed by atoms with Crippen LogP contribution in [0, 0.1) is 0 Å². The third kappa shape index (κ3) is 4.66. The average Bonchev–Trinajstić information content (AvgIpc) is 2.58. The lowest BCUT2D eigenvalue weighted by atomic mass is 10.2. The van der Waals surface area contributed by atoms with Gasteiger partial charge in [0.05, 0.1) is 24.9 Å². The van der Waals surface area contributed by atoms with Gasteiger partial charge in [0.1, 0.15) is 0 Å². The molecule has 0 radical (unpaired) electrons. The molecule has 0 aliphatic heterocycles. The van der Waals surface area contributed by atoms with Gasteiger partial charge < -0.3 is 10.1 Å². The smallest absolute Gasteiger partial charge is 0.337 e. The third-order valence-electron chi connectivity index (χ3n) is 3.04. The summed E-state index contributed by atoms with van der Waals surface area (Å²) in [6, 6.07) is 8.78. The maximum absolute atomic E-state index is 11.8. The van der Waals surface area contributed by atoms with Crippen molar-refractivity contribution in [1.82, 2.24) is 15.3 Å². The van der Waals surface area contributed by atoms with Gasteiger partial charge in [0.2, 0.25) is 5.91 Å². The lowest BCUT2D eigenvalue weighted by molar-refractivity contribution is -0.121. The number of rotatable bonds is 6. The molecule has 0 aliphatic rings. The van der Waals surface area contributed by atoms with Gasteiger partial charge in [-0.25, -0.2) is 4.79 Å². The highest BCUT2D eigenvalue weighted by atomic mass is 16.5. The number of pyridine rings is 2. The molecule has 0 fully saturated rings. The molecule has 0 saturated heterocycles. The van der Waals surface area contributed by atoms with Crippen LogP contribution in [0.4, 0.5) is 0 Å². The van der Waals surface area contributed by atoms with Gasteiger partial charge in [-0.05, 0) is 30.7 Å². The number of aryl methyl sites for hydroxylation is 1. The number of nitrogens with zero attached hydrogens (tertiary/aromatic N) is 2. The van der Waals surface area contributed by atoms with E-state index in [-0.39, 0.29) is 12.5 Å². The van der Waals surface area contributed by atoms with Gasteiger partial charge in [0, 0.05) is 24.5 Å². The Balaban J connectivity index is 1.82. The molecule has 0 atom stereocenters. The number of carbonyl (C=O) groups is 2. The van der Waals surface area contributed by atoms with Gasteiger partial charge >= 0.3 is 5.97 Å². The molecular formula is C16H17N3O3. The summed E-state index contributed by atoms with van der Waals surface area (Å²) in [5.74, 6) is -0.513. The molecule has 114 valence electrons. The van der Waals surface area contributed by atoms with Crippen molar-refractivity contribution in [3.63, 3.8) is 0 Å². The second-order valence-corrected chi connectivity index (χ2v) is 4.63. The number of nitrogens with one attached hydrogen (secondary N) is 1. The van der Waals surface area contributed by atoms with E-state index in [0.717, 1.165) is 5.69 Å². The van der Waals surface area contributed by atoms with Crippen LogP contribution in [0.15, 0.2) is 42.7 Å². The van der Waals surface area contributed by atoms with Crippen LogP contribution in [0.1, 0.15) is 28.2 Å². The molecule has 0 aliphatic carbocycles. The quantitative estimate of drug-likeness (QED) is 0.818. The molecular weight excluding hydrogens is 282 g/mol. The zero-order chi connectivity index (χ0) is 15.8. The minimum atomic E-state index is -0.426. The summed E-state index contributed by atoms with van der Waals surface area (Å²) in [4.78, 5) is 31.5. The lowest BCUT2D eigenvalue weighted by Crippen LogP contribution is -2.23. The van der Waals surface area contributed by atoms with E-state index >= 15 is 0 Å². The van der Waals surface area contributed by atoms with Crippen LogP contribution in [-0.2, 0) is 22.5 Å². The fourth-order valence-corrected chi connectivity index (χ4v) is 1.88. The van der Waals surface area contributed by atoms with Gasteiger partial charge in [-0.1, -0.05) is 6.07 Å². The monoisotopic (exact) mass is 299 g/mol. The molecule has 2 aromatic rings. The summed E-state index contributed by atoms with van der Waals surface area (Å²) >= 11 is 0. The lowest BCUT2D eigenvalue weighted by Gasteiger charge is -2.06. The molecule has 22 heavy (non-hydrogen) atoms. The van der Waals surface area contributed by atoms with Crippen LogP contribution in [-0.4, -0.2) is 29.0 Å². The van der Waals surface area contributed by atoms with Crippen LogP contribution in [0.5, 0.6) is 0 Å². The molecule has 2 heterocycles. The first-order valence-electron chi connectivity index (χ1n) is 6.89. The van der Waals surface area contributed by atoms with Crippen molar-refractivity contribution in [2.45, 2.75) is 19.4 Å². The van der Waals surface area contributed by atoms with E-state index in [1.165, 1.54) is 13.3 Å². The number of amides is 1. The highest BCUT2D eigenvalue weighted by Crippen LogP contribution is 2.04. The van der Waals surface area contributed by atoms with Gasteiger partial charge in [0.15, 0.2) is 0 Å². The summed E-state index contributed by atoms with van der Waals surface area (Å²) in [5.41, 5.74) is 1.90. The molecule has 0 saturated carbocycles. The predicted molar refractivity (Wildman–Crippen MR) is 80.0 cm³/mol. The number of hydrogen-bond acceptors (Lipinski definition) is 5. The van der Waals surface area contributed by atoms with E-state index in [1.807, 2.05) is 18.2 Å². The van der Waals surface area contributed by atoms with Gasteiger partial charge in [0.25, 0.3) is 0 Å². The first kappa shape index (κ1) is 15.6.